The lowest BCUT2D eigenvalue weighted by Crippen LogP contribution is -2.39. The number of para-hydroxylation sites is 2. The fraction of sp³-hybridized carbons (Fsp3) is 0.407. The highest BCUT2D eigenvalue weighted by Gasteiger charge is 2.38. The van der Waals surface area contributed by atoms with Gasteiger partial charge in [0.2, 0.25) is 0 Å². The maximum Gasteiger partial charge on any atom is 0.254 e. The number of aryl methyl sites for hydroxylation is 1. The number of aromatic amines is 1. The summed E-state index contributed by atoms with van der Waals surface area (Å²) in [5.41, 5.74) is 5.00. The molecule has 34 heavy (non-hydrogen) atoms. The van der Waals surface area contributed by atoms with Crippen LogP contribution < -0.4 is 10.5 Å². The van der Waals surface area contributed by atoms with Crippen molar-refractivity contribution in [2.75, 3.05) is 4.90 Å². The van der Waals surface area contributed by atoms with Crippen molar-refractivity contribution in [3.8, 4) is 0 Å². The second kappa shape index (κ2) is 8.38. The molecular formula is C27H30N6O. The van der Waals surface area contributed by atoms with E-state index in [1.54, 1.807) is 0 Å². The average Bonchev–Trinajstić information content (AvgIpc) is 3.46. The molecule has 0 unspecified atom stereocenters. The molecule has 2 aliphatic rings. The summed E-state index contributed by atoms with van der Waals surface area (Å²) in [6, 6.07) is 16.8. The average molecular weight is 455 g/mol. The van der Waals surface area contributed by atoms with Crippen LogP contribution in [-0.2, 0) is 6.42 Å². The standard InChI is InChI=1S/C27H30N6O/c1-17-9-8-11-20-16-22(27(34)28-24(17)20)25(32-18(2)15-19-10-6-7-14-23(19)32)26-29-30-31-33(26)21-12-4-3-5-13-21/h6-11,14,16,18,21,25H,3-5,12-13,15H2,1-2H3,(H,28,34)/t18-,25-/m0/s1. The van der Waals surface area contributed by atoms with E-state index in [1.165, 1.54) is 24.8 Å². The number of aromatic nitrogens is 5. The zero-order valence-corrected chi connectivity index (χ0v) is 19.7. The lowest BCUT2D eigenvalue weighted by molar-refractivity contribution is 0.312. The van der Waals surface area contributed by atoms with E-state index in [1.807, 2.05) is 29.8 Å². The van der Waals surface area contributed by atoms with E-state index in [2.05, 4.69) is 62.7 Å². The summed E-state index contributed by atoms with van der Waals surface area (Å²) in [5.74, 6) is 0.757. The van der Waals surface area contributed by atoms with Gasteiger partial charge in [-0.2, -0.15) is 0 Å². The van der Waals surface area contributed by atoms with Crippen LogP contribution in [0.25, 0.3) is 10.9 Å². The van der Waals surface area contributed by atoms with Crippen molar-refractivity contribution in [2.45, 2.75) is 70.5 Å². The van der Waals surface area contributed by atoms with Gasteiger partial charge in [0.15, 0.2) is 5.82 Å². The van der Waals surface area contributed by atoms with Crippen LogP contribution in [0.15, 0.2) is 53.3 Å². The minimum absolute atomic E-state index is 0.0819. The highest BCUT2D eigenvalue weighted by Crippen LogP contribution is 2.41. The van der Waals surface area contributed by atoms with Crippen LogP contribution in [0.5, 0.6) is 0 Å². The molecule has 1 aliphatic carbocycles. The van der Waals surface area contributed by atoms with Gasteiger partial charge in [-0.3, -0.25) is 4.79 Å². The Morgan fingerprint density at radius 2 is 1.88 bits per heavy atom. The third kappa shape index (κ3) is 3.42. The summed E-state index contributed by atoms with van der Waals surface area (Å²) >= 11 is 0. The molecule has 1 saturated carbocycles. The first kappa shape index (κ1) is 21.1. The summed E-state index contributed by atoms with van der Waals surface area (Å²) in [6.07, 6.45) is 6.72. The van der Waals surface area contributed by atoms with Gasteiger partial charge in [-0.1, -0.05) is 55.7 Å². The second-order valence-corrected chi connectivity index (χ2v) is 9.86. The Hall–Kier alpha value is -3.48. The first-order chi connectivity index (χ1) is 16.6. The predicted molar refractivity (Wildman–Crippen MR) is 133 cm³/mol. The Bertz CT molecular complexity index is 1400. The topological polar surface area (TPSA) is 79.7 Å². The van der Waals surface area contributed by atoms with Crippen molar-refractivity contribution in [1.82, 2.24) is 25.2 Å². The number of anilines is 1. The number of nitrogens with one attached hydrogen (secondary N) is 1. The summed E-state index contributed by atoms with van der Waals surface area (Å²) < 4.78 is 2.01. The molecule has 174 valence electrons. The minimum atomic E-state index is -0.371. The van der Waals surface area contributed by atoms with Gasteiger partial charge in [-0.15, -0.1) is 5.10 Å². The summed E-state index contributed by atoms with van der Waals surface area (Å²) in [4.78, 5) is 19.1. The van der Waals surface area contributed by atoms with E-state index >= 15 is 0 Å². The molecule has 0 saturated heterocycles. The molecule has 0 spiro atoms. The maximum atomic E-state index is 13.6. The highest BCUT2D eigenvalue weighted by molar-refractivity contribution is 5.82. The van der Waals surface area contributed by atoms with Gasteiger partial charge in [-0.05, 0) is 72.2 Å². The Kier molecular flexibility index (Phi) is 5.20. The number of fused-ring (bicyclic) bond motifs is 2. The molecule has 0 bridgehead atoms. The van der Waals surface area contributed by atoms with Gasteiger partial charge < -0.3 is 9.88 Å². The van der Waals surface area contributed by atoms with Crippen LogP contribution in [0.3, 0.4) is 0 Å². The molecule has 2 aromatic carbocycles. The molecule has 7 heteroatoms. The third-order valence-electron chi connectivity index (χ3n) is 7.63. The first-order valence-corrected chi connectivity index (χ1v) is 12.4. The van der Waals surface area contributed by atoms with Gasteiger partial charge in [0.05, 0.1) is 11.6 Å². The zero-order valence-electron chi connectivity index (χ0n) is 19.7. The number of pyridine rings is 1. The van der Waals surface area contributed by atoms with Crippen molar-refractivity contribution < 1.29 is 0 Å². The number of nitrogens with zero attached hydrogens (tertiary/aromatic N) is 5. The Morgan fingerprint density at radius 3 is 2.74 bits per heavy atom. The number of H-pyrrole nitrogens is 1. The van der Waals surface area contributed by atoms with E-state index < -0.39 is 0 Å². The van der Waals surface area contributed by atoms with Crippen LogP contribution in [0.1, 0.15) is 73.6 Å². The van der Waals surface area contributed by atoms with Crippen molar-refractivity contribution in [3.63, 3.8) is 0 Å². The monoisotopic (exact) mass is 454 g/mol. The van der Waals surface area contributed by atoms with Gasteiger partial charge in [0.1, 0.15) is 6.04 Å². The number of benzene rings is 2. The molecule has 0 radical (unpaired) electrons. The van der Waals surface area contributed by atoms with Gasteiger partial charge in [0.25, 0.3) is 5.56 Å². The number of tetrazole rings is 1. The Morgan fingerprint density at radius 1 is 1.06 bits per heavy atom. The van der Waals surface area contributed by atoms with E-state index in [-0.39, 0.29) is 23.7 Å². The summed E-state index contributed by atoms with van der Waals surface area (Å²) in [7, 11) is 0. The molecule has 2 aromatic heterocycles. The van der Waals surface area contributed by atoms with Crippen LogP contribution in [0.4, 0.5) is 5.69 Å². The molecule has 4 aromatic rings. The SMILES string of the molecule is Cc1cccc2cc([C@@H](c3nnnn3C3CCCCC3)N3c4ccccc4C[C@@H]3C)c(=O)[nH]c12. The van der Waals surface area contributed by atoms with Gasteiger partial charge in [0, 0.05) is 17.3 Å². The largest absolute Gasteiger partial charge is 0.354 e. The van der Waals surface area contributed by atoms with Crippen LogP contribution in [0, 0.1) is 6.92 Å². The lowest BCUT2D eigenvalue weighted by Gasteiger charge is -2.34. The fourth-order valence-corrected chi connectivity index (χ4v) is 5.97. The smallest absolute Gasteiger partial charge is 0.254 e. The van der Waals surface area contributed by atoms with Crippen LogP contribution >= 0.6 is 0 Å². The quantitative estimate of drug-likeness (QED) is 0.476. The van der Waals surface area contributed by atoms with Crippen molar-refractivity contribution in [3.05, 3.63) is 81.4 Å². The van der Waals surface area contributed by atoms with Crippen LogP contribution in [0.2, 0.25) is 0 Å². The minimum Gasteiger partial charge on any atom is -0.354 e. The summed E-state index contributed by atoms with van der Waals surface area (Å²) in [6.45, 7) is 4.25. The Balaban J connectivity index is 1.57. The molecule has 7 nitrogen and oxygen atoms in total. The first-order valence-electron chi connectivity index (χ1n) is 12.4. The number of hydrogen-bond acceptors (Lipinski definition) is 5. The van der Waals surface area contributed by atoms with E-state index in [9.17, 15) is 4.79 Å². The van der Waals surface area contributed by atoms with Gasteiger partial charge >= 0.3 is 0 Å². The van der Waals surface area contributed by atoms with Gasteiger partial charge in [-0.25, -0.2) is 4.68 Å². The number of rotatable bonds is 4. The summed E-state index contributed by atoms with van der Waals surface area (Å²) in [5, 5.41) is 14.2. The predicted octanol–water partition coefficient (Wildman–Crippen LogP) is 4.87. The molecule has 0 amide bonds. The van der Waals surface area contributed by atoms with E-state index in [4.69, 9.17) is 0 Å². The fourth-order valence-electron chi connectivity index (χ4n) is 5.97. The Labute approximate surface area is 198 Å². The van der Waals surface area contributed by atoms with Crippen molar-refractivity contribution >= 4 is 16.6 Å². The van der Waals surface area contributed by atoms with E-state index in [0.29, 0.717) is 5.56 Å². The zero-order chi connectivity index (χ0) is 23.2. The normalized spacial score (nSPS) is 19.5. The molecule has 1 fully saturated rings. The maximum absolute atomic E-state index is 13.6. The molecule has 3 heterocycles. The third-order valence-corrected chi connectivity index (χ3v) is 7.63. The molecular weight excluding hydrogens is 424 g/mol. The molecule has 1 N–H and O–H groups in total. The molecule has 6 rings (SSSR count). The van der Waals surface area contributed by atoms with Crippen molar-refractivity contribution in [1.29, 1.82) is 0 Å². The van der Waals surface area contributed by atoms with Crippen molar-refractivity contribution in [2.24, 2.45) is 0 Å². The molecule has 2 atom stereocenters. The second-order valence-electron chi connectivity index (χ2n) is 9.86. The number of hydrogen-bond donors (Lipinski definition) is 1. The highest BCUT2D eigenvalue weighted by atomic mass is 16.1. The van der Waals surface area contributed by atoms with Crippen LogP contribution in [-0.4, -0.2) is 31.2 Å². The lowest BCUT2D eigenvalue weighted by atomic mass is 9.95. The molecule has 1 aliphatic heterocycles. The van der Waals surface area contributed by atoms with E-state index in [0.717, 1.165) is 47.2 Å².